The lowest BCUT2D eigenvalue weighted by atomic mass is 9.71. The first-order valence-corrected chi connectivity index (χ1v) is 5.56. The lowest BCUT2D eigenvalue weighted by Crippen LogP contribution is -2.47. The van der Waals surface area contributed by atoms with Crippen LogP contribution in [-0.4, -0.2) is 9.97 Å². The molecule has 1 aromatic rings. The summed E-state index contributed by atoms with van der Waals surface area (Å²) in [5.41, 5.74) is 6.29. The average Bonchev–Trinajstić information content (AvgIpc) is 2.72. The highest BCUT2D eigenvalue weighted by atomic mass is 15.0. The average molecular weight is 193 g/mol. The Morgan fingerprint density at radius 3 is 3.14 bits per heavy atom. The number of imidazole rings is 1. The number of hydrogen-bond acceptors (Lipinski definition) is 2. The zero-order valence-corrected chi connectivity index (χ0v) is 8.79. The van der Waals surface area contributed by atoms with Gasteiger partial charge in [0, 0.05) is 12.4 Å². The van der Waals surface area contributed by atoms with E-state index in [-0.39, 0.29) is 5.54 Å². The molecule has 0 aliphatic heterocycles. The van der Waals surface area contributed by atoms with E-state index in [4.69, 9.17) is 5.73 Å². The summed E-state index contributed by atoms with van der Waals surface area (Å²) in [5, 5.41) is 0. The third-order valence-corrected chi connectivity index (χ3v) is 3.55. The number of aromatic amines is 1. The second-order valence-electron chi connectivity index (χ2n) is 4.33. The Morgan fingerprint density at radius 1 is 1.64 bits per heavy atom. The fourth-order valence-corrected chi connectivity index (χ4v) is 2.67. The van der Waals surface area contributed by atoms with Gasteiger partial charge in [-0.25, -0.2) is 4.98 Å². The standard InChI is InChI=1S/C11H19N3/c1-2-9-5-3-4-6-11(9,12)10-13-7-8-14-10/h7-9H,2-6,12H2,1H3,(H,13,14)/t9-,11+/m0/s1. The summed E-state index contributed by atoms with van der Waals surface area (Å²) in [4.78, 5) is 7.50. The lowest BCUT2D eigenvalue weighted by molar-refractivity contribution is 0.175. The molecule has 0 bridgehead atoms. The van der Waals surface area contributed by atoms with Gasteiger partial charge in [-0.05, 0) is 18.8 Å². The van der Waals surface area contributed by atoms with Gasteiger partial charge in [0.05, 0.1) is 5.54 Å². The van der Waals surface area contributed by atoms with Gasteiger partial charge < -0.3 is 10.7 Å². The highest BCUT2D eigenvalue weighted by Gasteiger charge is 2.39. The lowest BCUT2D eigenvalue weighted by Gasteiger charge is -2.39. The molecule has 3 nitrogen and oxygen atoms in total. The van der Waals surface area contributed by atoms with E-state index < -0.39 is 0 Å². The molecule has 14 heavy (non-hydrogen) atoms. The maximum atomic E-state index is 6.49. The summed E-state index contributed by atoms with van der Waals surface area (Å²) in [6.07, 6.45) is 9.67. The summed E-state index contributed by atoms with van der Waals surface area (Å²) >= 11 is 0. The second-order valence-corrected chi connectivity index (χ2v) is 4.33. The van der Waals surface area contributed by atoms with Crippen LogP contribution in [0.5, 0.6) is 0 Å². The van der Waals surface area contributed by atoms with E-state index in [9.17, 15) is 0 Å². The van der Waals surface area contributed by atoms with Crippen molar-refractivity contribution in [3.63, 3.8) is 0 Å². The molecule has 1 aromatic heterocycles. The minimum Gasteiger partial charge on any atom is -0.347 e. The first-order valence-electron chi connectivity index (χ1n) is 5.56. The van der Waals surface area contributed by atoms with Crippen LogP contribution < -0.4 is 5.73 Å². The van der Waals surface area contributed by atoms with E-state index in [2.05, 4.69) is 16.9 Å². The van der Waals surface area contributed by atoms with Crippen LogP contribution in [0.1, 0.15) is 44.9 Å². The molecule has 3 N–H and O–H groups in total. The van der Waals surface area contributed by atoms with Crippen molar-refractivity contribution in [3.8, 4) is 0 Å². The molecule has 1 heterocycles. The molecule has 78 valence electrons. The molecular formula is C11H19N3. The largest absolute Gasteiger partial charge is 0.347 e. The van der Waals surface area contributed by atoms with Crippen LogP contribution in [0.15, 0.2) is 12.4 Å². The molecule has 1 aliphatic rings. The molecule has 0 aromatic carbocycles. The fourth-order valence-electron chi connectivity index (χ4n) is 2.67. The summed E-state index contributed by atoms with van der Waals surface area (Å²) in [6, 6.07) is 0. The summed E-state index contributed by atoms with van der Waals surface area (Å²) in [7, 11) is 0. The van der Waals surface area contributed by atoms with Crippen LogP contribution in [0.4, 0.5) is 0 Å². The number of nitrogens with two attached hydrogens (primary N) is 1. The van der Waals surface area contributed by atoms with Crippen molar-refractivity contribution in [2.45, 2.75) is 44.6 Å². The molecule has 3 heteroatoms. The van der Waals surface area contributed by atoms with Crippen molar-refractivity contribution in [2.75, 3.05) is 0 Å². The van der Waals surface area contributed by atoms with Gasteiger partial charge in [-0.1, -0.05) is 26.2 Å². The Hall–Kier alpha value is -0.830. The van der Waals surface area contributed by atoms with E-state index in [0.29, 0.717) is 5.92 Å². The maximum absolute atomic E-state index is 6.49. The summed E-state index contributed by atoms with van der Waals surface area (Å²) < 4.78 is 0. The van der Waals surface area contributed by atoms with Gasteiger partial charge in [0.25, 0.3) is 0 Å². The predicted octanol–water partition coefficient (Wildman–Crippen LogP) is 2.16. The van der Waals surface area contributed by atoms with Gasteiger partial charge >= 0.3 is 0 Å². The Balaban J connectivity index is 2.27. The first-order chi connectivity index (χ1) is 6.77. The highest BCUT2D eigenvalue weighted by Crippen LogP contribution is 2.39. The summed E-state index contributed by atoms with van der Waals surface area (Å²) in [5.74, 6) is 1.56. The Kier molecular flexibility index (Phi) is 2.59. The zero-order valence-electron chi connectivity index (χ0n) is 8.79. The molecule has 0 amide bonds. The first kappa shape index (κ1) is 9.71. The second kappa shape index (κ2) is 3.73. The predicted molar refractivity (Wildman–Crippen MR) is 56.7 cm³/mol. The van der Waals surface area contributed by atoms with Crippen LogP contribution in [0, 0.1) is 5.92 Å². The molecule has 1 aliphatic carbocycles. The van der Waals surface area contributed by atoms with Crippen molar-refractivity contribution in [3.05, 3.63) is 18.2 Å². The maximum Gasteiger partial charge on any atom is 0.126 e. The van der Waals surface area contributed by atoms with Gasteiger partial charge in [0.15, 0.2) is 0 Å². The van der Waals surface area contributed by atoms with E-state index in [1.54, 1.807) is 6.20 Å². The quantitative estimate of drug-likeness (QED) is 0.756. The normalized spacial score (nSPS) is 33.1. The molecule has 2 atom stereocenters. The minimum absolute atomic E-state index is 0.198. The van der Waals surface area contributed by atoms with Crippen LogP contribution in [0.2, 0.25) is 0 Å². The van der Waals surface area contributed by atoms with E-state index in [1.807, 2.05) is 6.20 Å². The SMILES string of the molecule is CC[C@H]1CCCC[C@]1(N)c1ncc[nH]1. The van der Waals surface area contributed by atoms with Crippen molar-refractivity contribution in [1.29, 1.82) is 0 Å². The van der Waals surface area contributed by atoms with E-state index in [0.717, 1.165) is 18.7 Å². The van der Waals surface area contributed by atoms with Gasteiger partial charge in [0.1, 0.15) is 5.82 Å². The number of rotatable bonds is 2. The van der Waals surface area contributed by atoms with Gasteiger partial charge in [-0.2, -0.15) is 0 Å². The molecular weight excluding hydrogens is 174 g/mol. The number of nitrogens with one attached hydrogen (secondary N) is 1. The number of H-pyrrole nitrogens is 1. The highest BCUT2D eigenvalue weighted by molar-refractivity contribution is 5.09. The van der Waals surface area contributed by atoms with Gasteiger partial charge in [-0.15, -0.1) is 0 Å². The Bertz CT molecular complexity index is 281. The van der Waals surface area contributed by atoms with E-state index >= 15 is 0 Å². The molecule has 0 unspecified atom stereocenters. The van der Waals surface area contributed by atoms with Crippen molar-refractivity contribution in [2.24, 2.45) is 11.7 Å². The van der Waals surface area contributed by atoms with E-state index in [1.165, 1.54) is 19.3 Å². The van der Waals surface area contributed by atoms with Crippen LogP contribution >= 0.6 is 0 Å². The van der Waals surface area contributed by atoms with Gasteiger partial charge in [0.2, 0.25) is 0 Å². The van der Waals surface area contributed by atoms with Gasteiger partial charge in [-0.3, -0.25) is 0 Å². The smallest absolute Gasteiger partial charge is 0.126 e. The molecule has 0 radical (unpaired) electrons. The molecule has 1 fully saturated rings. The van der Waals surface area contributed by atoms with Crippen LogP contribution in [-0.2, 0) is 5.54 Å². The number of nitrogens with zero attached hydrogens (tertiary/aromatic N) is 1. The third kappa shape index (κ3) is 1.46. The third-order valence-electron chi connectivity index (χ3n) is 3.55. The number of hydrogen-bond donors (Lipinski definition) is 2. The summed E-state index contributed by atoms with van der Waals surface area (Å²) in [6.45, 7) is 2.22. The molecule has 2 rings (SSSR count). The molecule has 0 saturated heterocycles. The topological polar surface area (TPSA) is 54.7 Å². The zero-order chi connectivity index (χ0) is 10.0. The monoisotopic (exact) mass is 193 g/mol. The van der Waals surface area contributed by atoms with Crippen molar-refractivity contribution < 1.29 is 0 Å². The number of aromatic nitrogens is 2. The van der Waals surface area contributed by atoms with Crippen LogP contribution in [0.3, 0.4) is 0 Å². The Morgan fingerprint density at radius 2 is 2.50 bits per heavy atom. The van der Waals surface area contributed by atoms with Crippen molar-refractivity contribution in [1.82, 2.24) is 9.97 Å². The Labute approximate surface area is 85.1 Å². The molecule has 0 spiro atoms. The van der Waals surface area contributed by atoms with Crippen molar-refractivity contribution >= 4 is 0 Å². The fraction of sp³-hybridized carbons (Fsp3) is 0.727. The minimum atomic E-state index is -0.198. The molecule has 1 saturated carbocycles. The van der Waals surface area contributed by atoms with Crippen LogP contribution in [0.25, 0.3) is 0 Å².